The number of rotatable bonds is 6. The van der Waals surface area contributed by atoms with Gasteiger partial charge in [-0.3, -0.25) is 4.99 Å². The van der Waals surface area contributed by atoms with Crippen molar-refractivity contribution in [2.45, 2.75) is 32.1 Å². The van der Waals surface area contributed by atoms with E-state index in [0.717, 1.165) is 51.4 Å². The van der Waals surface area contributed by atoms with Crippen LogP contribution in [0.3, 0.4) is 0 Å². The summed E-state index contributed by atoms with van der Waals surface area (Å²) in [6.07, 6.45) is 6.10. The maximum absolute atomic E-state index is 13.1. The van der Waals surface area contributed by atoms with Crippen LogP contribution in [0.4, 0.5) is 10.1 Å². The highest BCUT2D eigenvalue weighted by molar-refractivity contribution is 14.0. The van der Waals surface area contributed by atoms with E-state index in [1.54, 1.807) is 7.11 Å². The summed E-state index contributed by atoms with van der Waals surface area (Å²) in [6.45, 7) is 5.04. The van der Waals surface area contributed by atoms with Gasteiger partial charge in [-0.25, -0.2) is 4.39 Å². The number of nitrogens with two attached hydrogens (primary N) is 1. The number of piperazine rings is 1. The Kier molecular flexibility index (Phi) is 8.60. The first-order valence-electron chi connectivity index (χ1n) is 9.66. The molecule has 7 heteroatoms. The molecule has 0 unspecified atom stereocenters. The molecule has 2 N–H and O–H groups in total. The molecule has 1 aromatic rings. The maximum Gasteiger partial charge on any atom is 0.191 e. The van der Waals surface area contributed by atoms with Gasteiger partial charge in [-0.15, -0.1) is 24.0 Å². The largest absolute Gasteiger partial charge is 0.385 e. The summed E-state index contributed by atoms with van der Waals surface area (Å²) in [4.78, 5) is 9.19. The van der Waals surface area contributed by atoms with Crippen LogP contribution >= 0.6 is 24.0 Å². The molecule has 1 saturated carbocycles. The summed E-state index contributed by atoms with van der Waals surface area (Å²) in [6, 6.07) is 6.70. The molecule has 3 rings (SSSR count). The Morgan fingerprint density at radius 1 is 1.15 bits per heavy atom. The van der Waals surface area contributed by atoms with Crippen molar-refractivity contribution in [2.24, 2.45) is 16.1 Å². The van der Waals surface area contributed by atoms with E-state index in [9.17, 15) is 4.39 Å². The molecule has 1 heterocycles. The topological polar surface area (TPSA) is 54.1 Å². The number of nitrogens with zero attached hydrogens (tertiary/aromatic N) is 3. The number of aliphatic imine (C=N–C) groups is 1. The van der Waals surface area contributed by atoms with Crippen LogP contribution in [0.5, 0.6) is 0 Å². The standard InChI is InChI=1S/C20H31FN4O.HI/c1-26-15-10-20(8-2-3-9-20)16-23-19(22)25-13-11-24(12-14-25)18-6-4-17(21)5-7-18;/h4-7H,2-3,8-16H2,1H3,(H2,22,23);1H. The van der Waals surface area contributed by atoms with E-state index < -0.39 is 0 Å². The number of hydrogen-bond donors (Lipinski definition) is 1. The van der Waals surface area contributed by atoms with Gasteiger partial charge < -0.3 is 20.3 Å². The summed E-state index contributed by atoms with van der Waals surface area (Å²) < 4.78 is 18.4. The third kappa shape index (κ3) is 5.94. The predicted molar refractivity (Wildman–Crippen MR) is 119 cm³/mol. The van der Waals surface area contributed by atoms with Crippen LogP contribution < -0.4 is 10.6 Å². The zero-order chi connectivity index (χ0) is 18.4. The van der Waals surface area contributed by atoms with E-state index in [4.69, 9.17) is 15.5 Å². The fourth-order valence-electron chi connectivity index (χ4n) is 4.13. The van der Waals surface area contributed by atoms with Crippen molar-refractivity contribution in [3.05, 3.63) is 30.1 Å². The lowest BCUT2D eigenvalue weighted by atomic mass is 9.83. The normalized spacial score (nSPS) is 19.9. The molecule has 0 bridgehead atoms. The quantitative estimate of drug-likeness (QED) is 0.377. The Morgan fingerprint density at radius 3 is 2.37 bits per heavy atom. The van der Waals surface area contributed by atoms with Crippen LogP contribution in [0.1, 0.15) is 32.1 Å². The SMILES string of the molecule is COCCC1(CN=C(N)N2CCN(c3ccc(F)cc3)CC2)CCCC1.I. The lowest BCUT2D eigenvalue weighted by Crippen LogP contribution is -2.51. The molecule has 5 nitrogen and oxygen atoms in total. The average molecular weight is 490 g/mol. The molecule has 0 atom stereocenters. The Balaban J connectivity index is 0.00000261. The molecule has 2 aliphatic rings. The molecule has 1 aliphatic carbocycles. The number of methoxy groups -OCH3 is 1. The molecule has 0 radical (unpaired) electrons. The Labute approximate surface area is 179 Å². The summed E-state index contributed by atoms with van der Waals surface area (Å²) in [7, 11) is 1.76. The first-order valence-corrected chi connectivity index (χ1v) is 9.66. The number of halogens is 2. The molecule has 27 heavy (non-hydrogen) atoms. The first-order chi connectivity index (χ1) is 12.6. The number of hydrogen-bond acceptors (Lipinski definition) is 3. The third-order valence-corrected chi connectivity index (χ3v) is 5.87. The lowest BCUT2D eigenvalue weighted by molar-refractivity contribution is 0.141. The van der Waals surface area contributed by atoms with Crippen LogP contribution in [-0.2, 0) is 4.74 Å². The molecule has 0 spiro atoms. The van der Waals surface area contributed by atoms with E-state index >= 15 is 0 Å². The number of anilines is 1. The monoisotopic (exact) mass is 490 g/mol. The van der Waals surface area contributed by atoms with E-state index in [0.29, 0.717) is 5.96 Å². The molecular weight excluding hydrogens is 458 g/mol. The zero-order valence-electron chi connectivity index (χ0n) is 16.2. The number of ether oxygens (including phenoxy) is 1. The van der Waals surface area contributed by atoms with Crippen molar-refractivity contribution in [1.29, 1.82) is 0 Å². The average Bonchev–Trinajstić information content (AvgIpc) is 3.14. The van der Waals surface area contributed by atoms with Gasteiger partial charge in [0.15, 0.2) is 5.96 Å². The second-order valence-corrected chi connectivity index (χ2v) is 7.57. The Hall–Kier alpha value is -1.09. The van der Waals surface area contributed by atoms with Crippen LogP contribution in [0, 0.1) is 11.2 Å². The van der Waals surface area contributed by atoms with Crippen molar-refractivity contribution in [3.63, 3.8) is 0 Å². The van der Waals surface area contributed by atoms with Gasteiger partial charge in [-0.1, -0.05) is 12.8 Å². The van der Waals surface area contributed by atoms with Gasteiger partial charge in [0.2, 0.25) is 0 Å². The second kappa shape index (κ2) is 10.5. The van der Waals surface area contributed by atoms with E-state index in [1.807, 2.05) is 12.1 Å². The van der Waals surface area contributed by atoms with Crippen molar-refractivity contribution < 1.29 is 9.13 Å². The fraction of sp³-hybridized carbons (Fsp3) is 0.650. The summed E-state index contributed by atoms with van der Waals surface area (Å²) in [5.41, 5.74) is 7.63. The summed E-state index contributed by atoms with van der Waals surface area (Å²) in [5.74, 6) is 0.463. The fourth-order valence-corrected chi connectivity index (χ4v) is 4.13. The summed E-state index contributed by atoms with van der Waals surface area (Å²) >= 11 is 0. The van der Waals surface area contributed by atoms with Gasteiger partial charge in [-0.05, 0) is 48.9 Å². The molecule has 0 aromatic heterocycles. The molecule has 152 valence electrons. The Bertz CT molecular complexity index is 597. The van der Waals surface area contributed by atoms with Crippen molar-refractivity contribution in [3.8, 4) is 0 Å². The van der Waals surface area contributed by atoms with Gasteiger partial charge >= 0.3 is 0 Å². The minimum Gasteiger partial charge on any atom is -0.385 e. The molecule has 1 aliphatic heterocycles. The van der Waals surface area contributed by atoms with Gasteiger partial charge in [-0.2, -0.15) is 0 Å². The maximum atomic E-state index is 13.1. The minimum absolute atomic E-state index is 0. The van der Waals surface area contributed by atoms with Crippen LogP contribution in [-0.4, -0.2) is 57.3 Å². The second-order valence-electron chi connectivity index (χ2n) is 7.57. The van der Waals surface area contributed by atoms with Crippen molar-refractivity contribution in [1.82, 2.24) is 4.90 Å². The zero-order valence-corrected chi connectivity index (χ0v) is 18.5. The van der Waals surface area contributed by atoms with Gasteiger partial charge in [0.25, 0.3) is 0 Å². The minimum atomic E-state index is -0.196. The molecule has 2 fully saturated rings. The van der Waals surface area contributed by atoms with Crippen molar-refractivity contribution >= 4 is 35.6 Å². The highest BCUT2D eigenvalue weighted by Gasteiger charge is 2.33. The molecular formula is C20H32FIN4O. The predicted octanol–water partition coefficient (Wildman–Crippen LogP) is 3.48. The molecule has 1 saturated heterocycles. The van der Waals surface area contributed by atoms with Gasteiger partial charge in [0.1, 0.15) is 5.82 Å². The third-order valence-electron chi connectivity index (χ3n) is 5.87. The van der Waals surface area contributed by atoms with Gasteiger partial charge in [0, 0.05) is 52.1 Å². The first kappa shape index (κ1) is 22.2. The number of guanidine groups is 1. The highest BCUT2D eigenvalue weighted by Crippen LogP contribution is 2.41. The molecule has 0 amide bonds. The van der Waals surface area contributed by atoms with Crippen LogP contribution in [0.2, 0.25) is 0 Å². The molecule has 1 aromatic carbocycles. The highest BCUT2D eigenvalue weighted by atomic mass is 127. The Morgan fingerprint density at radius 2 is 1.78 bits per heavy atom. The van der Waals surface area contributed by atoms with E-state index in [2.05, 4.69) is 9.80 Å². The smallest absolute Gasteiger partial charge is 0.191 e. The van der Waals surface area contributed by atoms with E-state index in [1.165, 1.54) is 37.8 Å². The van der Waals surface area contributed by atoms with Crippen molar-refractivity contribution in [2.75, 3.05) is 51.3 Å². The number of benzene rings is 1. The lowest BCUT2D eigenvalue weighted by Gasteiger charge is -2.37. The van der Waals surface area contributed by atoms with E-state index in [-0.39, 0.29) is 35.2 Å². The van der Waals surface area contributed by atoms with Crippen LogP contribution in [0.15, 0.2) is 29.3 Å². The summed E-state index contributed by atoms with van der Waals surface area (Å²) in [5, 5.41) is 0. The van der Waals surface area contributed by atoms with Gasteiger partial charge in [0.05, 0.1) is 0 Å². The van der Waals surface area contributed by atoms with Crippen LogP contribution in [0.25, 0.3) is 0 Å².